The summed E-state index contributed by atoms with van der Waals surface area (Å²) >= 11 is 0. The zero-order valence-corrected chi connectivity index (χ0v) is 12.3. The maximum Gasteiger partial charge on any atom is 0.323 e. The lowest BCUT2D eigenvalue weighted by Crippen LogP contribution is -2.62. The zero-order chi connectivity index (χ0) is 14.6. The summed E-state index contributed by atoms with van der Waals surface area (Å²) in [5.41, 5.74) is 5.18. The summed E-state index contributed by atoms with van der Waals surface area (Å²) < 4.78 is 5.87. The van der Waals surface area contributed by atoms with Crippen LogP contribution >= 0.6 is 0 Å². The number of ether oxygens (including phenoxy) is 1. The molecule has 0 radical (unpaired) electrons. The molecule has 4 unspecified atom stereocenters. The van der Waals surface area contributed by atoms with Crippen molar-refractivity contribution in [2.75, 3.05) is 6.54 Å². The molecule has 0 aromatic rings. The van der Waals surface area contributed by atoms with E-state index in [4.69, 9.17) is 10.5 Å². The fraction of sp³-hybridized carbons (Fsp3) is 0.875. The molecule has 5 rings (SSSR count). The molecule has 1 amide bonds. The normalized spacial score (nSPS) is 47.5. The van der Waals surface area contributed by atoms with Crippen molar-refractivity contribution in [2.45, 2.75) is 57.1 Å². The second-order valence-corrected chi connectivity index (χ2v) is 7.63. The number of carbonyl (C=O) groups is 2. The predicted molar refractivity (Wildman–Crippen MR) is 76.1 cm³/mol. The number of esters is 1. The topological polar surface area (TPSA) is 81.4 Å². The second kappa shape index (κ2) is 4.70. The molecule has 5 heteroatoms. The molecule has 1 heterocycles. The average Bonchev–Trinajstić information content (AvgIpc) is 2.95. The van der Waals surface area contributed by atoms with Crippen molar-refractivity contribution >= 4 is 11.9 Å². The Labute approximate surface area is 125 Å². The number of nitrogens with two attached hydrogens (primary N) is 1. The molecule has 4 bridgehead atoms. The average molecular weight is 292 g/mol. The first-order chi connectivity index (χ1) is 10.1. The third kappa shape index (κ3) is 2.00. The molecule has 5 fully saturated rings. The Hall–Kier alpha value is -1.10. The summed E-state index contributed by atoms with van der Waals surface area (Å²) in [6.45, 7) is 0.874. The summed E-state index contributed by atoms with van der Waals surface area (Å²) in [5, 5.41) is 3.18. The van der Waals surface area contributed by atoms with Crippen LogP contribution in [-0.4, -0.2) is 30.6 Å². The Balaban J connectivity index is 1.57. The molecule has 1 saturated heterocycles. The molecule has 4 saturated carbocycles. The molecule has 0 aromatic carbocycles. The van der Waals surface area contributed by atoms with Crippen LogP contribution in [0.4, 0.5) is 0 Å². The molecular formula is C16H24N2O3. The quantitative estimate of drug-likeness (QED) is 0.759. The first kappa shape index (κ1) is 13.6. The molecule has 0 aromatic heterocycles. The molecule has 3 N–H and O–H groups in total. The van der Waals surface area contributed by atoms with Crippen molar-refractivity contribution in [3.8, 4) is 0 Å². The molecule has 116 valence electrons. The highest BCUT2D eigenvalue weighted by atomic mass is 16.5. The molecule has 1 aliphatic heterocycles. The predicted octanol–water partition coefficient (Wildman–Crippen LogP) is 0.962. The van der Waals surface area contributed by atoms with Crippen LogP contribution < -0.4 is 11.1 Å². The first-order valence-electron chi connectivity index (χ1n) is 8.32. The van der Waals surface area contributed by atoms with Crippen LogP contribution in [-0.2, 0) is 14.3 Å². The summed E-state index contributed by atoms with van der Waals surface area (Å²) in [4.78, 5) is 24.5. The number of hydrogen-bond donors (Lipinski definition) is 2. The van der Waals surface area contributed by atoms with Gasteiger partial charge in [-0.3, -0.25) is 9.59 Å². The SMILES string of the molecule is NC(=O)C12CC3CC(CC(C3)C1OC(=O)C1CCCN1)C2. The molecule has 0 spiro atoms. The van der Waals surface area contributed by atoms with E-state index in [1.165, 1.54) is 6.42 Å². The van der Waals surface area contributed by atoms with E-state index in [1.54, 1.807) is 0 Å². The van der Waals surface area contributed by atoms with Gasteiger partial charge in [0, 0.05) is 0 Å². The van der Waals surface area contributed by atoms with Crippen LogP contribution in [0.1, 0.15) is 44.9 Å². The van der Waals surface area contributed by atoms with Gasteiger partial charge < -0.3 is 15.8 Å². The van der Waals surface area contributed by atoms with E-state index < -0.39 is 5.41 Å². The van der Waals surface area contributed by atoms with Gasteiger partial charge in [-0.05, 0) is 69.2 Å². The van der Waals surface area contributed by atoms with Gasteiger partial charge in [-0.25, -0.2) is 0 Å². The fourth-order valence-corrected chi connectivity index (χ4v) is 5.64. The highest BCUT2D eigenvalue weighted by Crippen LogP contribution is 2.60. The monoisotopic (exact) mass is 292 g/mol. The van der Waals surface area contributed by atoms with Crippen molar-refractivity contribution in [3.63, 3.8) is 0 Å². The summed E-state index contributed by atoms with van der Waals surface area (Å²) in [7, 11) is 0. The maximum absolute atomic E-state index is 12.4. The number of rotatable bonds is 3. The van der Waals surface area contributed by atoms with Crippen LogP contribution in [0.25, 0.3) is 0 Å². The van der Waals surface area contributed by atoms with Gasteiger partial charge in [0.05, 0.1) is 5.41 Å². The van der Waals surface area contributed by atoms with Gasteiger partial charge in [-0.2, -0.15) is 0 Å². The van der Waals surface area contributed by atoms with E-state index in [9.17, 15) is 9.59 Å². The minimum absolute atomic E-state index is 0.175. The van der Waals surface area contributed by atoms with Gasteiger partial charge in [-0.15, -0.1) is 0 Å². The van der Waals surface area contributed by atoms with Crippen LogP contribution in [0.15, 0.2) is 0 Å². The van der Waals surface area contributed by atoms with Gasteiger partial charge in [0.2, 0.25) is 5.91 Å². The highest BCUT2D eigenvalue weighted by molar-refractivity contribution is 5.83. The maximum atomic E-state index is 12.4. The third-order valence-electron chi connectivity index (χ3n) is 6.30. The third-order valence-corrected chi connectivity index (χ3v) is 6.30. The number of carbonyl (C=O) groups excluding carboxylic acids is 2. The number of primary amides is 1. The van der Waals surface area contributed by atoms with Crippen molar-refractivity contribution in [2.24, 2.45) is 28.9 Å². The Kier molecular flexibility index (Phi) is 3.03. The fourth-order valence-electron chi connectivity index (χ4n) is 5.64. The largest absolute Gasteiger partial charge is 0.460 e. The van der Waals surface area contributed by atoms with Crippen LogP contribution in [0.3, 0.4) is 0 Å². The van der Waals surface area contributed by atoms with E-state index in [2.05, 4.69) is 5.32 Å². The molecule has 4 aliphatic carbocycles. The summed E-state index contributed by atoms with van der Waals surface area (Å²) in [6, 6.07) is -0.188. The van der Waals surface area contributed by atoms with Crippen LogP contribution in [0.2, 0.25) is 0 Å². The number of nitrogens with one attached hydrogen (secondary N) is 1. The van der Waals surface area contributed by atoms with Crippen molar-refractivity contribution in [1.82, 2.24) is 5.32 Å². The van der Waals surface area contributed by atoms with E-state index in [0.29, 0.717) is 17.8 Å². The van der Waals surface area contributed by atoms with Gasteiger partial charge in [0.15, 0.2) is 0 Å². The summed E-state index contributed by atoms with van der Waals surface area (Å²) in [6.07, 6.45) is 6.65. The molecule has 21 heavy (non-hydrogen) atoms. The molecule has 5 nitrogen and oxygen atoms in total. The Bertz CT molecular complexity index is 458. The smallest absolute Gasteiger partial charge is 0.323 e. The Morgan fingerprint density at radius 3 is 2.43 bits per heavy atom. The van der Waals surface area contributed by atoms with Crippen molar-refractivity contribution < 1.29 is 14.3 Å². The van der Waals surface area contributed by atoms with E-state index in [1.807, 2.05) is 0 Å². The Morgan fingerprint density at radius 2 is 1.86 bits per heavy atom. The number of hydrogen-bond acceptors (Lipinski definition) is 4. The lowest BCUT2D eigenvalue weighted by atomic mass is 9.48. The first-order valence-corrected chi connectivity index (χ1v) is 8.32. The zero-order valence-electron chi connectivity index (χ0n) is 12.3. The second-order valence-electron chi connectivity index (χ2n) is 7.63. The van der Waals surface area contributed by atoms with Gasteiger partial charge >= 0.3 is 5.97 Å². The highest BCUT2D eigenvalue weighted by Gasteiger charge is 2.62. The molecule has 4 atom stereocenters. The minimum atomic E-state index is -0.580. The Morgan fingerprint density at radius 1 is 1.14 bits per heavy atom. The molecule has 5 aliphatic rings. The van der Waals surface area contributed by atoms with Gasteiger partial charge in [0.1, 0.15) is 12.1 Å². The van der Waals surface area contributed by atoms with Crippen molar-refractivity contribution in [1.29, 1.82) is 0 Å². The van der Waals surface area contributed by atoms with E-state index in [-0.39, 0.29) is 24.0 Å². The summed E-state index contributed by atoms with van der Waals surface area (Å²) in [5.74, 6) is 1.13. The van der Waals surface area contributed by atoms with Gasteiger partial charge in [-0.1, -0.05) is 0 Å². The lowest BCUT2D eigenvalue weighted by Gasteiger charge is -2.58. The lowest BCUT2D eigenvalue weighted by molar-refractivity contribution is -0.196. The van der Waals surface area contributed by atoms with Crippen molar-refractivity contribution in [3.05, 3.63) is 0 Å². The van der Waals surface area contributed by atoms with Crippen LogP contribution in [0, 0.1) is 23.2 Å². The van der Waals surface area contributed by atoms with Gasteiger partial charge in [0.25, 0.3) is 0 Å². The van der Waals surface area contributed by atoms with Crippen LogP contribution in [0.5, 0.6) is 0 Å². The van der Waals surface area contributed by atoms with E-state index >= 15 is 0 Å². The van der Waals surface area contributed by atoms with E-state index in [0.717, 1.165) is 45.1 Å². The number of amides is 1. The standard InChI is InChI=1S/C16H24N2O3/c17-15(20)16-7-9-4-10(8-16)6-11(5-9)13(16)21-14(19)12-2-1-3-18-12/h9-13,18H,1-8H2,(H2,17,20). The minimum Gasteiger partial charge on any atom is -0.460 e. The molecular weight excluding hydrogens is 268 g/mol.